The van der Waals surface area contributed by atoms with Crippen molar-refractivity contribution in [1.29, 1.82) is 0 Å². The number of aliphatic hydroxyl groups excluding tert-OH is 1. The normalized spacial score (nSPS) is 14.4. The summed E-state index contributed by atoms with van der Waals surface area (Å²) in [6.07, 6.45) is 0.838. The van der Waals surface area contributed by atoms with Crippen LogP contribution in [0.2, 0.25) is 0 Å². The Hall–Kier alpha value is -3.71. The Balaban J connectivity index is 1.31. The number of nitrogens with one attached hydrogen (secondary N) is 2. The van der Waals surface area contributed by atoms with Gasteiger partial charge in [-0.05, 0) is 47.4 Å². The Morgan fingerprint density at radius 2 is 1.78 bits per heavy atom. The van der Waals surface area contributed by atoms with E-state index >= 15 is 0 Å². The molecule has 1 unspecified atom stereocenters. The fourth-order valence-electron chi connectivity index (χ4n) is 3.96. The molecule has 0 saturated carbocycles. The van der Waals surface area contributed by atoms with Crippen LogP contribution in [0, 0.1) is 0 Å². The smallest absolute Gasteiger partial charge is 0.313 e. The molecular formula is C25H25N3O4. The van der Waals surface area contributed by atoms with Gasteiger partial charge in [-0.25, -0.2) is 0 Å². The van der Waals surface area contributed by atoms with Gasteiger partial charge in [0.25, 0.3) is 0 Å². The van der Waals surface area contributed by atoms with Crippen molar-refractivity contribution in [2.75, 3.05) is 23.3 Å². The maximum atomic E-state index is 12.3. The van der Waals surface area contributed by atoms with Crippen LogP contribution in [0.4, 0.5) is 11.4 Å². The molecule has 0 aromatic heterocycles. The van der Waals surface area contributed by atoms with E-state index in [0.717, 1.165) is 22.8 Å². The Bertz CT molecular complexity index is 1160. The molecule has 4 rings (SSSR count). The predicted octanol–water partition coefficient (Wildman–Crippen LogP) is 3.15. The molecule has 0 aliphatic carbocycles. The minimum atomic E-state index is -0.797. The van der Waals surface area contributed by atoms with Gasteiger partial charge in [-0.2, -0.15) is 0 Å². The molecule has 1 fully saturated rings. The minimum absolute atomic E-state index is 0.0518. The summed E-state index contributed by atoms with van der Waals surface area (Å²) in [4.78, 5) is 38.1. The van der Waals surface area contributed by atoms with Crippen LogP contribution in [0.15, 0.2) is 66.7 Å². The number of aliphatic hydroxyl groups is 1. The number of carbonyl (C=O) groups is 3. The van der Waals surface area contributed by atoms with Crippen molar-refractivity contribution in [3.63, 3.8) is 0 Å². The highest BCUT2D eigenvalue weighted by molar-refractivity contribution is 6.39. The molecule has 7 nitrogen and oxygen atoms in total. The summed E-state index contributed by atoms with van der Waals surface area (Å²) in [7, 11) is 0. The number of fused-ring (bicyclic) bond motifs is 1. The zero-order chi connectivity index (χ0) is 22.5. The number of nitrogens with zero attached hydrogens (tertiary/aromatic N) is 1. The summed E-state index contributed by atoms with van der Waals surface area (Å²) in [5.41, 5.74) is 1.93. The van der Waals surface area contributed by atoms with E-state index in [9.17, 15) is 19.5 Å². The molecule has 7 heteroatoms. The van der Waals surface area contributed by atoms with Crippen molar-refractivity contribution in [3.05, 3.63) is 72.3 Å². The highest BCUT2D eigenvalue weighted by Gasteiger charge is 2.22. The van der Waals surface area contributed by atoms with E-state index in [1.54, 1.807) is 29.2 Å². The predicted molar refractivity (Wildman–Crippen MR) is 123 cm³/mol. The van der Waals surface area contributed by atoms with Gasteiger partial charge in [0.1, 0.15) is 0 Å². The first-order chi connectivity index (χ1) is 15.5. The molecule has 3 N–H and O–H groups in total. The zero-order valence-electron chi connectivity index (χ0n) is 17.6. The fourth-order valence-corrected chi connectivity index (χ4v) is 3.96. The third-order valence-electron chi connectivity index (χ3n) is 5.58. The Kier molecular flexibility index (Phi) is 6.47. The molecule has 3 aromatic carbocycles. The molecule has 0 bridgehead atoms. The molecule has 3 amide bonds. The van der Waals surface area contributed by atoms with Crippen molar-refractivity contribution in [3.8, 4) is 0 Å². The molecule has 164 valence electrons. The SMILES string of the molecule is O=C(NCCC(O)c1cccc2ccccc12)C(=O)Nc1cccc(N2CCCC2=O)c1. The van der Waals surface area contributed by atoms with Crippen LogP contribution in [-0.4, -0.2) is 35.9 Å². The Morgan fingerprint density at radius 1 is 1.00 bits per heavy atom. The lowest BCUT2D eigenvalue weighted by atomic mass is 9.99. The molecule has 1 heterocycles. The van der Waals surface area contributed by atoms with E-state index < -0.39 is 17.9 Å². The first-order valence-corrected chi connectivity index (χ1v) is 10.7. The van der Waals surface area contributed by atoms with Gasteiger partial charge < -0.3 is 20.6 Å². The number of carbonyl (C=O) groups excluding carboxylic acids is 3. The Labute approximate surface area is 186 Å². The van der Waals surface area contributed by atoms with Gasteiger partial charge >= 0.3 is 11.8 Å². The number of anilines is 2. The van der Waals surface area contributed by atoms with E-state index in [0.29, 0.717) is 24.3 Å². The zero-order valence-corrected chi connectivity index (χ0v) is 17.6. The second kappa shape index (κ2) is 9.62. The van der Waals surface area contributed by atoms with Crippen molar-refractivity contribution in [2.24, 2.45) is 0 Å². The van der Waals surface area contributed by atoms with Gasteiger partial charge in [-0.15, -0.1) is 0 Å². The lowest BCUT2D eigenvalue weighted by Crippen LogP contribution is -2.36. The van der Waals surface area contributed by atoms with Crippen LogP contribution in [0.25, 0.3) is 10.8 Å². The van der Waals surface area contributed by atoms with Gasteiger partial charge in [0, 0.05) is 30.9 Å². The maximum absolute atomic E-state index is 12.3. The lowest BCUT2D eigenvalue weighted by molar-refractivity contribution is -0.136. The summed E-state index contributed by atoms with van der Waals surface area (Å²) < 4.78 is 0. The van der Waals surface area contributed by atoms with Crippen molar-refractivity contribution < 1.29 is 19.5 Å². The third-order valence-corrected chi connectivity index (χ3v) is 5.58. The summed E-state index contributed by atoms with van der Waals surface area (Å²) in [5, 5.41) is 17.7. The van der Waals surface area contributed by atoms with E-state index in [2.05, 4.69) is 10.6 Å². The number of hydrogen-bond donors (Lipinski definition) is 3. The third kappa shape index (κ3) is 4.78. The summed E-state index contributed by atoms with van der Waals surface area (Å²) in [6.45, 7) is 0.800. The van der Waals surface area contributed by atoms with Crippen LogP contribution >= 0.6 is 0 Å². The number of benzene rings is 3. The van der Waals surface area contributed by atoms with E-state index in [-0.39, 0.29) is 18.9 Å². The van der Waals surface area contributed by atoms with Crippen molar-refractivity contribution in [2.45, 2.75) is 25.4 Å². The molecule has 1 aliphatic heterocycles. The van der Waals surface area contributed by atoms with Gasteiger partial charge in [0.2, 0.25) is 5.91 Å². The topological polar surface area (TPSA) is 98.7 Å². The molecule has 0 radical (unpaired) electrons. The summed E-state index contributed by atoms with van der Waals surface area (Å²) >= 11 is 0. The molecule has 3 aromatic rings. The molecule has 1 aliphatic rings. The van der Waals surface area contributed by atoms with Crippen LogP contribution < -0.4 is 15.5 Å². The van der Waals surface area contributed by atoms with Crippen molar-refractivity contribution in [1.82, 2.24) is 5.32 Å². The molecule has 0 spiro atoms. The van der Waals surface area contributed by atoms with Crippen LogP contribution in [0.5, 0.6) is 0 Å². The highest BCUT2D eigenvalue weighted by atomic mass is 16.3. The molecule has 1 saturated heterocycles. The summed E-state index contributed by atoms with van der Waals surface area (Å²) in [5.74, 6) is -1.52. The Morgan fingerprint density at radius 3 is 2.59 bits per heavy atom. The average Bonchev–Trinajstić information content (AvgIpc) is 3.24. The van der Waals surface area contributed by atoms with Crippen LogP contribution in [-0.2, 0) is 14.4 Å². The average molecular weight is 431 g/mol. The first-order valence-electron chi connectivity index (χ1n) is 10.7. The molecule has 32 heavy (non-hydrogen) atoms. The second-order valence-electron chi connectivity index (χ2n) is 7.78. The molecule has 1 atom stereocenters. The number of rotatable bonds is 6. The van der Waals surface area contributed by atoms with Crippen molar-refractivity contribution >= 4 is 39.9 Å². The lowest BCUT2D eigenvalue weighted by Gasteiger charge is -2.17. The van der Waals surface area contributed by atoms with E-state index in [1.807, 2.05) is 42.5 Å². The van der Waals surface area contributed by atoms with E-state index in [1.165, 1.54) is 0 Å². The first kappa shape index (κ1) is 21.5. The van der Waals surface area contributed by atoms with Gasteiger partial charge in [-0.3, -0.25) is 14.4 Å². The maximum Gasteiger partial charge on any atom is 0.313 e. The number of hydrogen-bond acceptors (Lipinski definition) is 4. The number of amides is 3. The van der Waals surface area contributed by atoms with Crippen LogP contribution in [0.3, 0.4) is 0 Å². The fraction of sp³-hybridized carbons (Fsp3) is 0.240. The largest absolute Gasteiger partial charge is 0.388 e. The van der Waals surface area contributed by atoms with Gasteiger partial charge in [-0.1, -0.05) is 48.5 Å². The minimum Gasteiger partial charge on any atom is -0.388 e. The van der Waals surface area contributed by atoms with E-state index in [4.69, 9.17) is 0 Å². The second-order valence-corrected chi connectivity index (χ2v) is 7.78. The highest BCUT2D eigenvalue weighted by Crippen LogP contribution is 2.26. The molecular weight excluding hydrogens is 406 g/mol. The van der Waals surface area contributed by atoms with Gasteiger partial charge in [0.05, 0.1) is 6.10 Å². The standard InChI is InChI=1S/C25H25N3O4/c29-22(21-11-3-7-17-6-1-2-10-20(17)21)13-14-26-24(31)25(32)27-18-8-4-9-19(16-18)28-15-5-12-23(28)30/h1-4,6-11,16,22,29H,5,12-15H2,(H,26,31)(H,27,32). The van der Waals surface area contributed by atoms with Crippen LogP contribution in [0.1, 0.15) is 30.9 Å². The monoisotopic (exact) mass is 431 g/mol. The summed E-state index contributed by atoms with van der Waals surface area (Å²) in [6, 6.07) is 20.4. The van der Waals surface area contributed by atoms with Gasteiger partial charge in [0.15, 0.2) is 0 Å². The quantitative estimate of drug-likeness (QED) is 0.522.